The molecule has 2 aromatic carbocycles. The van der Waals surface area contributed by atoms with Crippen LogP contribution in [0.1, 0.15) is 38.3 Å². The number of carbonyl (C=O) groups excluding carboxylic acids is 1. The molecule has 1 aromatic heterocycles. The molecule has 0 aliphatic carbocycles. The molecule has 0 aliphatic rings. The molecule has 1 N–H and O–H groups in total. The maximum atomic E-state index is 13.0. The van der Waals surface area contributed by atoms with Crippen LogP contribution >= 0.6 is 11.6 Å². The Labute approximate surface area is 197 Å². The standard InChI is InChI=1S/C24H26ClNO6S/c1-5-16-11-23(27)31-21-13-22(19(25)12-18(16)21)32-24(28)20(10-14(2)3)26-33(29,30)17-8-6-15(4)7-9-17/h6-9,11-14,20,26H,5,10H2,1-4H3. The molecule has 0 amide bonds. The number of halogens is 1. The fourth-order valence-corrected chi connectivity index (χ4v) is 4.81. The third-order valence-electron chi connectivity index (χ3n) is 5.09. The Bertz CT molecular complexity index is 1330. The number of rotatable bonds is 8. The predicted octanol–water partition coefficient (Wildman–Crippen LogP) is 4.62. The highest BCUT2D eigenvalue weighted by Gasteiger charge is 2.29. The van der Waals surface area contributed by atoms with Gasteiger partial charge in [-0.1, -0.05) is 50.1 Å². The number of hydrogen-bond acceptors (Lipinski definition) is 6. The molecular weight excluding hydrogens is 466 g/mol. The second-order valence-corrected chi connectivity index (χ2v) is 10.4. The number of aryl methyl sites for hydroxylation is 2. The molecule has 3 rings (SSSR count). The second-order valence-electron chi connectivity index (χ2n) is 8.26. The molecule has 0 spiro atoms. The van der Waals surface area contributed by atoms with Gasteiger partial charge < -0.3 is 9.15 Å². The van der Waals surface area contributed by atoms with Crippen molar-refractivity contribution >= 4 is 38.6 Å². The Morgan fingerprint density at radius 2 is 1.82 bits per heavy atom. The molecule has 176 valence electrons. The Balaban J connectivity index is 1.91. The van der Waals surface area contributed by atoms with E-state index < -0.39 is 27.7 Å². The molecule has 0 fully saturated rings. The number of hydrogen-bond donors (Lipinski definition) is 1. The summed E-state index contributed by atoms with van der Waals surface area (Å²) in [6.45, 7) is 7.48. The zero-order valence-electron chi connectivity index (χ0n) is 18.8. The number of sulfonamides is 1. The summed E-state index contributed by atoms with van der Waals surface area (Å²) in [7, 11) is -3.96. The van der Waals surface area contributed by atoms with Crippen LogP contribution in [-0.4, -0.2) is 20.4 Å². The van der Waals surface area contributed by atoms with Crippen LogP contribution in [0.5, 0.6) is 5.75 Å². The lowest BCUT2D eigenvalue weighted by Gasteiger charge is -2.20. The highest BCUT2D eigenvalue weighted by molar-refractivity contribution is 7.89. The van der Waals surface area contributed by atoms with Gasteiger partial charge in [-0.15, -0.1) is 0 Å². The monoisotopic (exact) mass is 491 g/mol. The molecule has 9 heteroatoms. The van der Waals surface area contributed by atoms with E-state index in [1.54, 1.807) is 18.2 Å². The molecule has 7 nitrogen and oxygen atoms in total. The van der Waals surface area contributed by atoms with Gasteiger partial charge in [0.25, 0.3) is 0 Å². The molecular formula is C24H26ClNO6S. The first-order chi connectivity index (χ1) is 15.5. The van der Waals surface area contributed by atoms with Crippen molar-refractivity contribution in [3.05, 3.63) is 69.0 Å². The number of fused-ring (bicyclic) bond motifs is 1. The summed E-state index contributed by atoms with van der Waals surface area (Å²) < 4.78 is 38.8. The normalized spacial score (nSPS) is 12.8. The minimum Gasteiger partial charge on any atom is -0.424 e. The van der Waals surface area contributed by atoms with Crippen molar-refractivity contribution < 1.29 is 22.4 Å². The lowest BCUT2D eigenvalue weighted by Crippen LogP contribution is -2.43. The average Bonchev–Trinajstić information content (AvgIpc) is 2.73. The van der Waals surface area contributed by atoms with Crippen LogP contribution in [0.15, 0.2) is 56.6 Å². The van der Waals surface area contributed by atoms with Crippen molar-refractivity contribution in [3.8, 4) is 5.75 Å². The maximum Gasteiger partial charge on any atom is 0.336 e. The van der Waals surface area contributed by atoms with E-state index in [0.29, 0.717) is 11.8 Å². The summed E-state index contributed by atoms with van der Waals surface area (Å²) in [4.78, 5) is 24.9. The Kier molecular flexibility index (Phi) is 7.62. The first kappa shape index (κ1) is 25.0. The zero-order valence-corrected chi connectivity index (χ0v) is 20.4. The van der Waals surface area contributed by atoms with Gasteiger partial charge in [-0.05, 0) is 49.4 Å². The molecule has 0 bridgehead atoms. The van der Waals surface area contributed by atoms with Gasteiger partial charge in [0.2, 0.25) is 10.0 Å². The molecule has 0 saturated carbocycles. The minimum absolute atomic E-state index is 0.000442. The SMILES string of the molecule is CCc1cc(=O)oc2cc(OC(=O)C(CC(C)C)NS(=O)(=O)c3ccc(C)cc3)c(Cl)cc12. The fourth-order valence-electron chi connectivity index (χ4n) is 3.41. The van der Waals surface area contributed by atoms with E-state index in [1.165, 1.54) is 24.3 Å². The highest BCUT2D eigenvalue weighted by Crippen LogP contribution is 2.32. The summed E-state index contributed by atoms with van der Waals surface area (Å²) in [5.41, 5.74) is 1.37. The third kappa shape index (κ3) is 6.01. The summed E-state index contributed by atoms with van der Waals surface area (Å²) in [5, 5.41) is 0.782. The van der Waals surface area contributed by atoms with Gasteiger partial charge >= 0.3 is 11.6 Å². The average molecular weight is 492 g/mol. The van der Waals surface area contributed by atoms with Crippen LogP contribution in [0, 0.1) is 12.8 Å². The van der Waals surface area contributed by atoms with E-state index in [-0.39, 0.29) is 33.6 Å². The van der Waals surface area contributed by atoms with Gasteiger partial charge in [-0.25, -0.2) is 18.0 Å². The molecule has 0 radical (unpaired) electrons. The fraction of sp³-hybridized carbons (Fsp3) is 0.333. The third-order valence-corrected chi connectivity index (χ3v) is 6.88. The molecule has 1 unspecified atom stereocenters. The van der Waals surface area contributed by atoms with Gasteiger partial charge in [0.15, 0.2) is 5.75 Å². The van der Waals surface area contributed by atoms with Gasteiger partial charge in [0.05, 0.1) is 9.92 Å². The van der Waals surface area contributed by atoms with Gasteiger partial charge in [-0.2, -0.15) is 4.72 Å². The van der Waals surface area contributed by atoms with Crippen LogP contribution in [-0.2, 0) is 21.2 Å². The number of ether oxygens (including phenoxy) is 1. The van der Waals surface area contributed by atoms with E-state index in [1.807, 2.05) is 27.7 Å². The largest absolute Gasteiger partial charge is 0.424 e. The molecule has 0 saturated heterocycles. The minimum atomic E-state index is -3.96. The number of benzene rings is 2. The van der Waals surface area contributed by atoms with Crippen molar-refractivity contribution in [1.82, 2.24) is 4.72 Å². The maximum absolute atomic E-state index is 13.0. The van der Waals surface area contributed by atoms with Crippen LogP contribution in [0.25, 0.3) is 11.0 Å². The van der Waals surface area contributed by atoms with E-state index in [0.717, 1.165) is 11.1 Å². The van der Waals surface area contributed by atoms with E-state index >= 15 is 0 Å². The van der Waals surface area contributed by atoms with Crippen LogP contribution in [0.2, 0.25) is 5.02 Å². The Hall–Kier alpha value is -2.68. The lowest BCUT2D eigenvalue weighted by molar-refractivity contribution is -0.136. The quantitative estimate of drug-likeness (QED) is 0.280. The molecule has 1 heterocycles. The first-order valence-electron chi connectivity index (χ1n) is 10.6. The summed E-state index contributed by atoms with van der Waals surface area (Å²) in [6.07, 6.45) is 0.805. The smallest absolute Gasteiger partial charge is 0.336 e. The number of esters is 1. The Morgan fingerprint density at radius 1 is 1.15 bits per heavy atom. The van der Waals surface area contributed by atoms with Gasteiger partial charge in [-0.3, -0.25) is 0 Å². The van der Waals surface area contributed by atoms with E-state index in [9.17, 15) is 18.0 Å². The molecule has 3 aromatic rings. The highest BCUT2D eigenvalue weighted by atomic mass is 35.5. The van der Waals surface area contributed by atoms with Crippen molar-refractivity contribution in [2.45, 2.75) is 51.5 Å². The Morgan fingerprint density at radius 3 is 2.42 bits per heavy atom. The van der Waals surface area contributed by atoms with Crippen LogP contribution in [0.4, 0.5) is 0 Å². The van der Waals surface area contributed by atoms with Crippen LogP contribution in [0.3, 0.4) is 0 Å². The van der Waals surface area contributed by atoms with Gasteiger partial charge in [0, 0.05) is 17.5 Å². The summed E-state index contributed by atoms with van der Waals surface area (Å²) >= 11 is 6.33. The van der Waals surface area contributed by atoms with E-state index in [2.05, 4.69) is 4.72 Å². The van der Waals surface area contributed by atoms with Crippen molar-refractivity contribution in [2.24, 2.45) is 5.92 Å². The summed E-state index contributed by atoms with van der Waals surface area (Å²) in [5.74, 6) is -0.830. The van der Waals surface area contributed by atoms with E-state index in [4.69, 9.17) is 20.8 Å². The first-order valence-corrected chi connectivity index (χ1v) is 12.4. The van der Waals surface area contributed by atoms with Crippen molar-refractivity contribution in [2.75, 3.05) is 0 Å². The molecule has 1 atom stereocenters. The predicted molar refractivity (Wildman–Crippen MR) is 127 cm³/mol. The number of nitrogens with one attached hydrogen (secondary N) is 1. The van der Waals surface area contributed by atoms with Gasteiger partial charge in [0.1, 0.15) is 11.6 Å². The van der Waals surface area contributed by atoms with Crippen molar-refractivity contribution in [3.63, 3.8) is 0 Å². The topological polar surface area (TPSA) is 103 Å². The molecule has 33 heavy (non-hydrogen) atoms. The lowest BCUT2D eigenvalue weighted by atomic mass is 10.0. The zero-order chi connectivity index (χ0) is 24.3. The molecule has 0 aliphatic heterocycles. The number of carbonyl (C=O) groups is 1. The second kappa shape index (κ2) is 10.1. The van der Waals surface area contributed by atoms with Crippen molar-refractivity contribution in [1.29, 1.82) is 0 Å². The summed E-state index contributed by atoms with van der Waals surface area (Å²) in [6, 6.07) is 9.49. The van der Waals surface area contributed by atoms with Crippen LogP contribution < -0.4 is 15.1 Å².